The summed E-state index contributed by atoms with van der Waals surface area (Å²) in [5.41, 5.74) is -2.36. The maximum absolute atomic E-state index is 13.4. The van der Waals surface area contributed by atoms with E-state index in [1.165, 1.54) is 24.6 Å². The Hall–Kier alpha value is -1.06. The van der Waals surface area contributed by atoms with E-state index in [0.29, 0.717) is 0 Å². The Kier molecular flexibility index (Phi) is 4.61. The topological polar surface area (TPSA) is 47.9 Å². The van der Waals surface area contributed by atoms with Crippen molar-refractivity contribution in [3.63, 3.8) is 0 Å². The summed E-state index contributed by atoms with van der Waals surface area (Å²) in [6.45, 7) is 7.30. The third-order valence-corrected chi connectivity index (χ3v) is 4.81. The van der Waals surface area contributed by atoms with Gasteiger partial charge in [-0.15, -0.1) is 0 Å². The van der Waals surface area contributed by atoms with Crippen molar-refractivity contribution in [3.05, 3.63) is 23.8 Å². The van der Waals surface area contributed by atoms with Gasteiger partial charge in [0, 0.05) is 22.2 Å². The summed E-state index contributed by atoms with van der Waals surface area (Å²) in [5, 5.41) is 0. The SMILES string of the molecule is CC1(C)OB(c2ccc(N=S(C)(C)=O)c(C(F)(F)F)c2)OC1(C)C. The minimum atomic E-state index is -4.62. The summed E-state index contributed by atoms with van der Waals surface area (Å²) < 4.78 is 67.1. The fourth-order valence-corrected chi connectivity index (χ4v) is 2.86. The van der Waals surface area contributed by atoms with Gasteiger partial charge in [-0.1, -0.05) is 6.07 Å². The second-order valence-corrected chi connectivity index (χ2v) is 9.68. The maximum Gasteiger partial charge on any atom is 0.494 e. The second kappa shape index (κ2) is 5.74. The molecule has 0 aromatic heterocycles. The predicted octanol–water partition coefficient (Wildman–Crippen LogP) is 3.36. The van der Waals surface area contributed by atoms with E-state index in [1.54, 1.807) is 0 Å². The van der Waals surface area contributed by atoms with Crippen LogP contribution >= 0.6 is 0 Å². The standard InChI is InChI=1S/C15H21BF3NO3S/c1-13(2)14(3,4)23-16(22-13)10-7-8-12(20-24(5,6)21)11(9-10)15(17,18)19/h7-9H,1-6H3. The van der Waals surface area contributed by atoms with Crippen LogP contribution in [0.1, 0.15) is 33.3 Å². The van der Waals surface area contributed by atoms with E-state index in [1.807, 2.05) is 27.7 Å². The molecule has 0 saturated carbocycles. The molecule has 0 N–H and O–H groups in total. The molecular formula is C15H21BF3NO3S. The molecule has 2 rings (SSSR count). The average Bonchev–Trinajstić information content (AvgIpc) is 2.55. The number of hydrogen-bond donors (Lipinski definition) is 0. The molecule has 0 bridgehead atoms. The van der Waals surface area contributed by atoms with Gasteiger partial charge in [0.1, 0.15) is 0 Å². The highest BCUT2D eigenvalue weighted by molar-refractivity contribution is 7.92. The maximum atomic E-state index is 13.4. The molecule has 1 heterocycles. The molecule has 0 radical (unpaired) electrons. The summed E-state index contributed by atoms with van der Waals surface area (Å²) in [6, 6.07) is 3.61. The highest BCUT2D eigenvalue weighted by atomic mass is 32.2. The van der Waals surface area contributed by atoms with Crippen LogP contribution in [0.15, 0.2) is 22.6 Å². The Morgan fingerprint density at radius 3 is 2.00 bits per heavy atom. The number of halogens is 3. The van der Waals surface area contributed by atoms with E-state index in [4.69, 9.17) is 9.31 Å². The minimum absolute atomic E-state index is 0.249. The number of rotatable bonds is 2. The van der Waals surface area contributed by atoms with Crippen LogP contribution < -0.4 is 5.46 Å². The zero-order valence-electron chi connectivity index (χ0n) is 14.5. The molecule has 0 atom stereocenters. The molecule has 134 valence electrons. The van der Waals surface area contributed by atoms with Crippen molar-refractivity contribution in [1.29, 1.82) is 0 Å². The highest BCUT2D eigenvalue weighted by Gasteiger charge is 2.52. The van der Waals surface area contributed by atoms with Gasteiger partial charge in [-0.25, -0.2) is 4.21 Å². The van der Waals surface area contributed by atoms with Crippen molar-refractivity contribution in [2.45, 2.75) is 45.1 Å². The van der Waals surface area contributed by atoms with Gasteiger partial charge in [-0.3, -0.25) is 0 Å². The molecule has 9 heteroatoms. The van der Waals surface area contributed by atoms with Gasteiger partial charge in [-0.2, -0.15) is 17.5 Å². The van der Waals surface area contributed by atoms with Gasteiger partial charge >= 0.3 is 13.3 Å². The van der Waals surface area contributed by atoms with Crippen molar-refractivity contribution >= 4 is 28.0 Å². The molecule has 1 aliphatic heterocycles. The third kappa shape index (κ3) is 3.95. The summed E-state index contributed by atoms with van der Waals surface area (Å²) in [6.07, 6.45) is -2.05. The molecule has 0 unspecified atom stereocenters. The summed E-state index contributed by atoms with van der Waals surface area (Å²) >= 11 is 0. The van der Waals surface area contributed by atoms with Gasteiger partial charge in [-0.05, 0) is 45.3 Å². The Balaban J connectivity index is 2.51. The first-order valence-corrected chi connectivity index (χ1v) is 9.69. The summed E-state index contributed by atoms with van der Waals surface area (Å²) in [4.78, 5) is 0. The number of nitrogens with zero attached hydrogens (tertiary/aromatic N) is 1. The van der Waals surface area contributed by atoms with E-state index >= 15 is 0 Å². The second-order valence-electron chi connectivity index (χ2n) is 7.14. The highest BCUT2D eigenvalue weighted by Crippen LogP contribution is 2.39. The Bertz CT molecular complexity index is 744. The lowest BCUT2D eigenvalue weighted by atomic mass is 9.78. The smallest absolute Gasteiger partial charge is 0.399 e. The Labute approximate surface area is 141 Å². The van der Waals surface area contributed by atoms with Crippen molar-refractivity contribution in [3.8, 4) is 0 Å². The first-order valence-electron chi connectivity index (χ1n) is 7.36. The monoisotopic (exact) mass is 363 g/mol. The van der Waals surface area contributed by atoms with E-state index in [-0.39, 0.29) is 11.2 Å². The summed E-state index contributed by atoms with van der Waals surface area (Å²) in [5.74, 6) is 0. The molecule has 1 saturated heterocycles. The fraction of sp³-hybridized carbons (Fsp3) is 0.600. The molecule has 1 aromatic carbocycles. The minimum Gasteiger partial charge on any atom is -0.399 e. The molecule has 0 spiro atoms. The average molecular weight is 363 g/mol. The molecule has 4 nitrogen and oxygen atoms in total. The van der Waals surface area contributed by atoms with Crippen LogP contribution in [0, 0.1) is 0 Å². The van der Waals surface area contributed by atoms with Crippen LogP contribution in [0.3, 0.4) is 0 Å². The van der Waals surface area contributed by atoms with Crippen LogP contribution in [0.5, 0.6) is 0 Å². The quantitative estimate of drug-likeness (QED) is 0.757. The number of alkyl halides is 3. The predicted molar refractivity (Wildman–Crippen MR) is 89.2 cm³/mol. The fourth-order valence-electron chi connectivity index (χ4n) is 2.22. The van der Waals surface area contributed by atoms with Crippen LogP contribution in [0.25, 0.3) is 0 Å². The van der Waals surface area contributed by atoms with Gasteiger partial charge in [0.15, 0.2) is 0 Å². The van der Waals surface area contributed by atoms with E-state index in [9.17, 15) is 17.4 Å². The van der Waals surface area contributed by atoms with Crippen molar-refractivity contribution < 1.29 is 26.7 Å². The molecule has 1 aromatic rings. The zero-order valence-corrected chi connectivity index (χ0v) is 15.3. The van der Waals surface area contributed by atoms with Gasteiger partial charge in [0.05, 0.1) is 22.5 Å². The lowest BCUT2D eigenvalue weighted by Crippen LogP contribution is -2.41. The van der Waals surface area contributed by atoms with E-state index < -0.39 is 39.8 Å². The molecule has 24 heavy (non-hydrogen) atoms. The number of benzene rings is 1. The van der Waals surface area contributed by atoms with Crippen LogP contribution in [-0.2, 0) is 25.2 Å². The zero-order chi connectivity index (χ0) is 18.6. The molecule has 0 amide bonds. The lowest BCUT2D eigenvalue weighted by molar-refractivity contribution is -0.136. The van der Waals surface area contributed by atoms with Gasteiger partial charge in [0.25, 0.3) is 0 Å². The Morgan fingerprint density at radius 1 is 1.08 bits per heavy atom. The van der Waals surface area contributed by atoms with Crippen LogP contribution in [0.4, 0.5) is 18.9 Å². The molecule has 1 aliphatic rings. The van der Waals surface area contributed by atoms with E-state index in [0.717, 1.165) is 6.07 Å². The van der Waals surface area contributed by atoms with Crippen molar-refractivity contribution in [2.24, 2.45) is 4.36 Å². The number of hydrogen-bond acceptors (Lipinski definition) is 4. The van der Waals surface area contributed by atoms with Gasteiger partial charge < -0.3 is 9.31 Å². The molecular weight excluding hydrogens is 342 g/mol. The Morgan fingerprint density at radius 2 is 1.58 bits per heavy atom. The van der Waals surface area contributed by atoms with Crippen LogP contribution in [-0.4, -0.2) is 35.0 Å². The van der Waals surface area contributed by atoms with E-state index in [2.05, 4.69) is 4.36 Å². The summed E-state index contributed by atoms with van der Waals surface area (Å²) in [7, 11) is -3.62. The van der Waals surface area contributed by atoms with Crippen molar-refractivity contribution in [1.82, 2.24) is 0 Å². The molecule has 1 fully saturated rings. The third-order valence-electron chi connectivity index (χ3n) is 4.17. The first-order chi connectivity index (χ1) is 10.6. The largest absolute Gasteiger partial charge is 0.494 e. The van der Waals surface area contributed by atoms with Crippen LogP contribution in [0.2, 0.25) is 0 Å². The first kappa shape index (κ1) is 19.3. The van der Waals surface area contributed by atoms with Gasteiger partial charge in [0.2, 0.25) is 0 Å². The normalized spacial score (nSPS) is 20.3. The lowest BCUT2D eigenvalue weighted by Gasteiger charge is -2.32. The molecule has 0 aliphatic carbocycles. The van der Waals surface area contributed by atoms with Crippen molar-refractivity contribution in [2.75, 3.05) is 12.5 Å².